The zero-order valence-electron chi connectivity index (χ0n) is 14.9. The number of rotatable bonds is 6. The fourth-order valence-electron chi connectivity index (χ4n) is 2.56. The van der Waals surface area contributed by atoms with E-state index < -0.39 is 0 Å². The van der Waals surface area contributed by atoms with Crippen LogP contribution in [-0.2, 0) is 11.4 Å². The van der Waals surface area contributed by atoms with Crippen LogP contribution in [0.1, 0.15) is 18.1 Å². The largest absolute Gasteiger partial charge is 0.493 e. The highest BCUT2D eigenvalue weighted by molar-refractivity contribution is 9.10. The molecule has 0 aliphatic carbocycles. The fourth-order valence-corrected chi connectivity index (χ4v) is 4.21. The van der Waals surface area contributed by atoms with E-state index in [0.29, 0.717) is 33.9 Å². The molecule has 3 rings (SSSR count). The SMILES string of the molecule is CCN1C(=O)/C(=C\c2ccc(OCc3ccc(Br)cc3)c(OC)c2)SC1=S. The molecule has 0 N–H and O–H groups in total. The first-order chi connectivity index (χ1) is 13.0. The molecule has 1 heterocycles. The van der Waals surface area contributed by atoms with Gasteiger partial charge in [0.2, 0.25) is 0 Å². The number of benzene rings is 2. The van der Waals surface area contributed by atoms with Crippen LogP contribution in [0.3, 0.4) is 0 Å². The van der Waals surface area contributed by atoms with Crippen LogP contribution in [0.15, 0.2) is 51.8 Å². The van der Waals surface area contributed by atoms with Crippen LogP contribution in [0.25, 0.3) is 6.08 Å². The molecule has 0 atom stereocenters. The molecule has 2 aromatic rings. The first-order valence-corrected chi connectivity index (χ1v) is 10.3. The van der Waals surface area contributed by atoms with E-state index in [-0.39, 0.29) is 5.91 Å². The number of halogens is 1. The summed E-state index contributed by atoms with van der Waals surface area (Å²) in [6.07, 6.45) is 1.83. The van der Waals surface area contributed by atoms with Crippen molar-refractivity contribution < 1.29 is 14.3 Å². The predicted molar refractivity (Wildman–Crippen MR) is 117 cm³/mol. The molecule has 7 heteroatoms. The number of likely N-dealkylation sites (N-methyl/N-ethyl adjacent to an activating group) is 1. The second-order valence-corrected chi connectivity index (χ2v) is 8.34. The Kier molecular flexibility index (Phi) is 6.57. The van der Waals surface area contributed by atoms with Crippen LogP contribution in [0.5, 0.6) is 11.5 Å². The summed E-state index contributed by atoms with van der Waals surface area (Å²) in [5.74, 6) is 1.22. The van der Waals surface area contributed by atoms with Crippen LogP contribution in [-0.4, -0.2) is 28.8 Å². The van der Waals surface area contributed by atoms with Crippen molar-refractivity contribution in [3.8, 4) is 11.5 Å². The first kappa shape index (κ1) is 19.9. The van der Waals surface area contributed by atoms with E-state index in [1.54, 1.807) is 12.0 Å². The third kappa shape index (κ3) is 4.72. The summed E-state index contributed by atoms with van der Waals surface area (Å²) in [6, 6.07) is 13.6. The molecule has 0 aromatic heterocycles. The van der Waals surface area contributed by atoms with Gasteiger partial charge in [0.05, 0.1) is 12.0 Å². The Morgan fingerprint density at radius 3 is 2.56 bits per heavy atom. The molecule has 0 saturated carbocycles. The van der Waals surface area contributed by atoms with Crippen molar-refractivity contribution in [1.29, 1.82) is 0 Å². The van der Waals surface area contributed by atoms with E-state index in [4.69, 9.17) is 21.7 Å². The number of methoxy groups -OCH3 is 1. The van der Waals surface area contributed by atoms with E-state index in [9.17, 15) is 4.79 Å². The summed E-state index contributed by atoms with van der Waals surface area (Å²) in [6.45, 7) is 2.93. The second-order valence-electron chi connectivity index (χ2n) is 5.75. The van der Waals surface area contributed by atoms with Crippen molar-refractivity contribution in [3.63, 3.8) is 0 Å². The predicted octanol–water partition coefficient (Wildman–Crippen LogP) is 5.26. The van der Waals surface area contributed by atoms with Gasteiger partial charge in [0.25, 0.3) is 5.91 Å². The number of carbonyl (C=O) groups is 1. The van der Waals surface area contributed by atoms with Crippen LogP contribution in [0.4, 0.5) is 0 Å². The number of amides is 1. The Hall–Kier alpha value is -1.83. The topological polar surface area (TPSA) is 38.8 Å². The van der Waals surface area contributed by atoms with Gasteiger partial charge in [0.1, 0.15) is 10.9 Å². The Bertz CT molecular complexity index is 897. The summed E-state index contributed by atoms with van der Waals surface area (Å²) >= 11 is 9.99. The van der Waals surface area contributed by atoms with Crippen molar-refractivity contribution in [2.24, 2.45) is 0 Å². The molecule has 1 aliphatic heterocycles. The highest BCUT2D eigenvalue weighted by Gasteiger charge is 2.30. The Labute approximate surface area is 176 Å². The standard InChI is InChI=1S/C20H18BrNO3S2/c1-3-22-19(23)18(27-20(22)26)11-14-6-9-16(17(10-14)24-2)25-12-13-4-7-15(21)8-5-13/h4-11H,3,12H2,1-2H3/b18-11+. The third-order valence-electron chi connectivity index (χ3n) is 3.98. The van der Waals surface area contributed by atoms with E-state index in [2.05, 4.69) is 15.9 Å². The molecule has 1 amide bonds. The van der Waals surface area contributed by atoms with Gasteiger partial charge in [-0.1, -0.05) is 58.1 Å². The second kappa shape index (κ2) is 8.91. The van der Waals surface area contributed by atoms with Crippen LogP contribution >= 0.6 is 39.9 Å². The summed E-state index contributed by atoms with van der Waals surface area (Å²) in [5, 5.41) is 0. The minimum atomic E-state index is -0.0537. The van der Waals surface area contributed by atoms with E-state index in [1.165, 1.54) is 11.8 Å². The Morgan fingerprint density at radius 2 is 1.93 bits per heavy atom. The van der Waals surface area contributed by atoms with Gasteiger partial charge in [0.15, 0.2) is 11.5 Å². The minimum Gasteiger partial charge on any atom is -0.493 e. The van der Waals surface area contributed by atoms with Gasteiger partial charge >= 0.3 is 0 Å². The smallest absolute Gasteiger partial charge is 0.266 e. The van der Waals surface area contributed by atoms with Gasteiger partial charge < -0.3 is 9.47 Å². The molecule has 0 radical (unpaired) electrons. The summed E-state index contributed by atoms with van der Waals surface area (Å²) < 4.78 is 13.0. The lowest BCUT2D eigenvalue weighted by Gasteiger charge is -2.12. The first-order valence-electron chi connectivity index (χ1n) is 8.32. The lowest BCUT2D eigenvalue weighted by atomic mass is 10.1. The molecular formula is C20H18BrNO3S2. The molecule has 140 valence electrons. The number of thiocarbonyl (C=S) groups is 1. The zero-order chi connectivity index (χ0) is 19.4. The number of carbonyl (C=O) groups excluding carboxylic acids is 1. The Balaban J connectivity index is 1.76. The van der Waals surface area contributed by atoms with Crippen LogP contribution in [0.2, 0.25) is 0 Å². The summed E-state index contributed by atoms with van der Waals surface area (Å²) in [4.78, 5) is 14.6. The fraction of sp³-hybridized carbons (Fsp3) is 0.200. The third-order valence-corrected chi connectivity index (χ3v) is 5.89. The molecule has 4 nitrogen and oxygen atoms in total. The van der Waals surface area contributed by atoms with E-state index in [1.807, 2.05) is 55.5 Å². The highest BCUT2D eigenvalue weighted by Crippen LogP contribution is 2.34. The van der Waals surface area contributed by atoms with Crippen molar-refractivity contribution in [2.75, 3.05) is 13.7 Å². The molecule has 2 aromatic carbocycles. The van der Waals surface area contributed by atoms with Crippen LogP contribution < -0.4 is 9.47 Å². The van der Waals surface area contributed by atoms with E-state index >= 15 is 0 Å². The minimum absolute atomic E-state index is 0.0537. The van der Waals surface area contributed by atoms with Crippen molar-refractivity contribution in [3.05, 3.63) is 63.0 Å². The van der Waals surface area contributed by atoms with Gasteiger partial charge in [-0.05, 0) is 48.4 Å². The zero-order valence-corrected chi connectivity index (χ0v) is 18.1. The van der Waals surface area contributed by atoms with Gasteiger partial charge in [-0.25, -0.2) is 0 Å². The van der Waals surface area contributed by atoms with Crippen molar-refractivity contribution >= 4 is 56.2 Å². The average molecular weight is 464 g/mol. The summed E-state index contributed by atoms with van der Waals surface area (Å²) in [5.41, 5.74) is 1.92. The van der Waals surface area contributed by atoms with Crippen LogP contribution in [0, 0.1) is 0 Å². The number of hydrogen-bond acceptors (Lipinski definition) is 5. The lowest BCUT2D eigenvalue weighted by molar-refractivity contribution is -0.121. The number of thioether (sulfide) groups is 1. The van der Waals surface area contributed by atoms with Crippen molar-refractivity contribution in [1.82, 2.24) is 4.90 Å². The quantitative estimate of drug-likeness (QED) is 0.431. The van der Waals surface area contributed by atoms with Crippen molar-refractivity contribution in [2.45, 2.75) is 13.5 Å². The summed E-state index contributed by atoms with van der Waals surface area (Å²) in [7, 11) is 1.60. The van der Waals surface area contributed by atoms with Gasteiger partial charge in [0, 0.05) is 11.0 Å². The molecular weight excluding hydrogens is 446 g/mol. The number of ether oxygens (including phenoxy) is 2. The maximum absolute atomic E-state index is 12.3. The van der Waals surface area contributed by atoms with Gasteiger partial charge in [-0.2, -0.15) is 0 Å². The molecule has 1 aliphatic rings. The average Bonchev–Trinajstić information content (AvgIpc) is 2.94. The monoisotopic (exact) mass is 463 g/mol. The van der Waals surface area contributed by atoms with Gasteiger partial charge in [-0.15, -0.1) is 0 Å². The molecule has 0 unspecified atom stereocenters. The maximum atomic E-state index is 12.3. The molecule has 0 spiro atoms. The normalized spacial score (nSPS) is 15.5. The maximum Gasteiger partial charge on any atom is 0.266 e. The molecule has 1 fully saturated rings. The Morgan fingerprint density at radius 1 is 1.19 bits per heavy atom. The van der Waals surface area contributed by atoms with Gasteiger partial charge in [-0.3, -0.25) is 9.69 Å². The van der Waals surface area contributed by atoms with E-state index in [0.717, 1.165) is 15.6 Å². The lowest BCUT2D eigenvalue weighted by Crippen LogP contribution is -2.27. The number of nitrogens with zero attached hydrogens (tertiary/aromatic N) is 1. The molecule has 0 bridgehead atoms. The molecule has 27 heavy (non-hydrogen) atoms. The number of hydrogen-bond donors (Lipinski definition) is 0. The highest BCUT2D eigenvalue weighted by atomic mass is 79.9. The molecule has 1 saturated heterocycles.